The van der Waals surface area contributed by atoms with Crippen molar-refractivity contribution in [3.05, 3.63) is 39.5 Å². The number of nitro groups is 1. The first-order valence-electron chi connectivity index (χ1n) is 7.77. The lowest BCUT2D eigenvalue weighted by atomic mass is 10.2. The van der Waals surface area contributed by atoms with Crippen LogP contribution in [0, 0.1) is 24.0 Å². The van der Waals surface area contributed by atoms with E-state index in [1.54, 1.807) is 18.9 Å². The predicted molar refractivity (Wildman–Crippen MR) is 87.3 cm³/mol. The molecule has 0 aromatic carbocycles. The van der Waals surface area contributed by atoms with Gasteiger partial charge in [-0.2, -0.15) is 10.2 Å². The number of hydrogen-bond acceptors (Lipinski definition) is 5. The summed E-state index contributed by atoms with van der Waals surface area (Å²) in [6, 6.07) is 0. The van der Waals surface area contributed by atoms with E-state index in [2.05, 4.69) is 10.2 Å². The van der Waals surface area contributed by atoms with E-state index in [1.165, 1.54) is 10.9 Å². The molecule has 0 fully saturated rings. The Kier molecular flexibility index (Phi) is 5.32. The summed E-state index contributed by atoms with van der Waals surface area (Å²) in [5, 5.41) is 19.2. The molecule has 9 nitrogen and oxygen atoms in total. The molecule has 2 heterocycles. The van der Waals surface area contributed by atoms with Crippen LogP contribution in [0.15, 0.2) is 12.4 Å². The molecule has 0 saturated carbocycles. The average Bonchev–Trinajstić information content (AvgIpc) is 3.07. The Morgan fingerprint density at radius 1 is 1.25 bits per heavy atom. The smallest absolute Gasteiger partial charge is 0.309 e. The van der Waals surface area contributed by atoms with Crippen LogP contribution in [0.1, 0.15) is 30.3 Å². The maximum absolute atomic E-state index is 12.3. The summed E-state index contributed by atoms with van der Waals surface area (Å²) >= 11 is 0. The molecule has 0 aliphatic carbocycles. The molecule has 2 aromatic heterocycles. The minimum Gasteiger partial charge on any atom is -0.341 e. The molecule has 0 unspecified atom stereocenters. The minimum atomic E-state index is -0.471. The molecule has 130 valence electrons. The van der Waals surface area contributed by atoms with Gasteiger partial charge in [-0.25, -0.2) is 0 Å². The maximum Gasteiger partial charge on any atom is 0.309 e. The van der Waals surface area contributed by atoms with Gasteiger partial charge in [0.1, 0.15) is 11.9 Å². The summed E-state index contributed by atoms with van der Waals surface area (Å²) in [5.41, 5.74) is 2.25. The van der Waals surface area contributed by atoms with Gasteiger partial charge in [-0.05, 0) is 20.8 Å². The van der Waals surface area contributed by atoms with Crippen LogP contribution in [0.2, 0.25) is 0 Å². The van der Waals surface area contributed by atoms with E-state index < -0.39 is 4.92 Å². The highest BCUT2D eigenvalue weighted by molar-refractivity contribution is 5.75. The van der Waals surface area contributed by atoms with E-state index in [1.807, 2.05) is 24.7 Å². The second-order valence-corrected chi connectivity index (χ2v) is 5.72. The van der Waals surface area contributed by atoms with Crippen molar-refractivity contribution in [1.82, 2.24) is 24.5 Å². The molecule has 9 heteroatoms. The fourth-order valence-corrected chi connectivity index (χ4v) is 2.42. The van der Waals surface area contributed by atoms with Crippen molar-refractivity contribution in [3.8, 4) is 0 Å². The van der Waals surface area contributed by atoms with E-state index in [4.69, 9.17) is 0 Å². The van der Waals surface area contributed by atoms with Crippen molar-refractivity contribution in [2.75, 3.05) is 7.05 Å². The lowest BCUT2D eigenvalue weighted by molar-refractivity contribution is -0.385. The highest BCUT2D eigenvalue weighted by atomic mass is 16.6. The van der Waals surface area contributed by atoms with Gasteiger partial charge in [0.15, 0.2) is 0 Å². The second kappa shape index (κ2) is 7.24. The normalized spacial score (nSPS) is 10.8. The van der Waals surface area contributed by atoms with E-state index >= 15 is 0 Å². The van der Waals surface area contributed by atoms with Gasteiger partial charge in [0.25, 0.3) is 0 Å². The molecule has 0 N–H and O–H groups in total. The molecule has 24 heavy (non-hydrogen) atoms. The van der Waals surface area contributed by atoms with Crippen LogP contribution in [0.4, 0.5) is 5.69 Å². The Labute approximate surface area is 140 Å². The predicted octanol–water partition coefficient (Wildman–Crippen LogP) is 1.67. The molecule has 1 amide bonds. The van der Waals surface area contributed by atoms with Crippen LogP contribution in [0.5, 0.6) is 0 Å². The van der Waals surface area contributed by atoms with Crippen LogP contribution >= 0.6 is 0 Å². The first-order valence-corrected chi connectivity index (χ1v) is 7.77. The lowest BCUT2D eigenvalue weighted by Crippen LogP contribution is -2.27. The van der Waals surface area contributed by atoms with Gasteiger partial charge in [0.05, 0.1) is 10.6 Å². The Morgan fingerprint density at radius 2 is 1.92 bits per heavy atom. The highest BCUT2D eigenvalue weighted by Gasteiger charge is 2.17. The third kappa shape index (κ3) is 3.98. The average molecular weight is 334 g/mol. The van der Waals surface area contributed by atoms with E-state index in [0.717, 1.165) is 17.8 Å². The summed E-state index contributed by atoms with van der Waals surface area (Å²) in [6.45, 7) is 7.10. The quantitative estimate of drug-likeness (QED) is 0.566. The molecule has 0 aliphatic rings. The van der Waals surface area contributed by atoms with Gasteiger partial charge < -0.3 is 4.90 Å². The van der Waals surface area contributed by atoms with Crippen molar-refractivity contribution in [1.29, 1.82) is 0 Å². The fraction of sp³-hybridized carbons (Fsp3) is 0.533. The summed E-state index contributed by atoms with van der Waals surface area (Å²) in [6.07, 6.45) is 3.53. The zero-order valence-electron chi connectivity index (χ0n) is 14.4. The van der Waals surface area contributed by atoms with Crippen LogP contribution in [0.25, 0.3) is 0 Å². The highest BCUT2D eigenvalue weighted by Crippen LogP contribution is 2.15. The van der Waals surface area contributed by atoms with Crippen molar-refractivity contribution in [2.24, 2.45) is 0 Å². The third-order valence-electron chi connectivity index (χ3n) is 3.88. The third-order valence-corrected chi connectivity index (χ3v) is 3.88. The number of amides is 1. The van der Waals surface area contributed by atoms with Gasteiger partial charge in [-0.1, -0.05) is 0 Å². The summed E-state index contributed by atoms with van der Waals surface area (Å²) in [4.78, 5) is 24.2. The van der Waals surface area contributed by atoms with Crippen molar-refractivity contribution >= 4 is 11.6 Å². The van der Waals surface area contributed by atoms with Crippen LogP contribution in [-0.2, 0) is 24.4 Å². The molecule has 0 saturated heterocycles. The number of carbonyl (C=O) groups is 1. The van der Waals surface area contributed by atoms with Crippen LogP contribution < -0.4 is 0 Å². The second-order valence-electron chi connectivity index (χ2n) is 5.72. The number of nitrogens with zero attached hydrogens (tertiary/aromatic N) is 6. The van der Waals surface area contributed by atoms with Crippen molar-refractivity contribution < 1.29 is 9.72 Å². The van der Waals surface area contributed by atoms with Crippen LogP contribution in [0.3, 0.4) is 0 Å². The largest absolute Gasteiger partial charge is 0.341 e. The molecule has 2 aromatic rings. The monoisotopic (exact) mass is 334 g/mol. The van der Waals surface area contributed by atoms with Gasteiger partial charge in [-0.15, -0.1) is 0 Å². The minimum absolute atomic E-state index is 0.0293. The number of aromatic nitrogens is 4. The summed E-state index contributed by atoms with van der Waals surface area (Å²) in [7, 11) is 1.74. The standard InChI is InChI=1S/C15H22N6O3/c1-5-19-9-13(11(2)16-19)8-18(4)15(22)6-7-20-10-14(21(23)24)12(3)17-20/h9-10H,5-8H2,1-4H3. The first kappa shape index (κ1) is 17.6. The Balaban J connectivity index is 1.93. The van der Waals surface area contributed by atoms with E-state index in [9.17, 15) is 14.9 Å². The first-order chi connectivity index (χ1) is 11.3. The van der Waals surface area contributed by atoms with Gasteiger partial charge >= 0.3 is 5.69 Å². The molecule has 0 aliphatic heterocycles. The van der Waals surface area contributed by atoms with E-state index in [0.29, 0.717) is 18.8 Å². The zero-order valence-corrected chi connectivity index (χ0v) is 14.4. The Morgan fingerprint density at radius 3 is 2.46 bits per heavy atom. The molecule has 0 spiro atoms. The SMILES string of the molecule is CCn1cc(CN(C)C(=O)CCn2cc([N+](=O)[O-])c(C)n2)c(C)n1. The molecular weight excluding hydrogens is 312 g/mol. The number of rotatable bonds is 7. The molecule has 0 bridgehead atoms. The zero-order chi connectivity index (χ0) is 17.9. The van der Waals surface area contributed by atoms with Crippen molar-refractivity contribution in [3.63, 3.8) is 0 Å². The molecule has 2 rings (SSSR count). The number of hydrogen-bond donors (Lipinski definition) is 0. The van der Waals surface area contributed by atoms with Gasteiger partial charge in [-0.3, -0.25) is 24.3 Å². The topological polar surface area (TPSA) is 99.1 Å². The number of carbonyl (C=O) groups excluding carboxylic acids is 1. The molecular formula is C15H22N6O3. The molecule has 0 radical (unpaired) electrons. The Hall–Kier alpha value is -2.71. The van der Waals surface area contributed by atoms with Gasteiger partial charge in [0.2, 0.25) is 5.91 Å². The Bertz CT molecular complexity index is 748. The summed E-state index contributed by atoms with van der Waals surface area (Å²) in [5.74, 6) is -0.0468. The number of aryl methyl sites for hydroxylation is 4. The maximum atomic E-state index is 12.3. The molecule has 0 atom stereocenters. The fourth-order valence-electron chi connectivity index (χ4n) is 2.42. The van der Waals surface area contributed by atoms with Crippen LogP contribution in [-0.4, -0.2) is 42.3 Å². The van der Waals surface area contributed by atoms with Crippen molar-refractivity contribution in [2.45, 2.75) is 46.8 Å². The van der Waals surface area contributed by atoms with Gasteiger partial charge in [0, 0.05) is 44.9 Å². The lowest BCUT2D eigenvalue weighted by Gasteiger charge is -2.16. The summed E-state index contributed by atoms with van der Waals surface area (Å²) < 4.78 is 3.29. The van der Waals surface area contributed by atoms with E-state index in [-0.39, 0.29) is 18.0 Å².